The Bertz CT molecular complexity index is 828. The van der Waals surface area contributed by atoms with E-state index in [9.17, 15) is 4.39 Å². The first-order valence-electron chi connectivity index (χ1n) is 7.50. The van der Waals surface area contributed by atoms with E-state index >= 15 is 0 Å². The lowest BCUT2D eigenvalue weighted by molar-refractivity contribution is 0.627. The molecule has 24 heavy (non-hydrogen) atoms. The zero-order valence-corrected chi connectivity index (χ0v) is 13.9. The highest BCUT2D eigenvalue weighted by atomic mass is 35.5. The number of hydrogen-bond donors (Lipinski definition) is 1. The summed E-state index contributed by atoms with van der Waals surface area (Å²) in [5, 5.41) is 4.16. The molecular weight excluding hydrogens is 327 g/mol. The lowest BCUT2D eigenvalue weighted by atomic mass is 10.0. The van der Waals surface area contributed by atoms with Gasteiger partial charge in [-0.15, -0.1) is 11.6 Å². The summed E-state index contributed by atoms with van der Waals surface area (Å²) in [7, 11) is 0. The van der Waals surface area contributed by atoms with Crippen molar-refractivity contribution < 1.29 is 4.39 Å². The second-order valence-electron chi connectivity index (χ2n) is 5.34. The number of nitrogens with one attached hydrogen (secondary N) is 1. The topological polar surface area (TPSA) is 49.1 Å². The van der Waals surface area contributed by atoms with Gasteiger partial charge in [0.2, 0.25) is 0 Å². The molecule has 0 saturated carbocycles. The largest absolute Gasteiger partial charge is 0.276 e. The van der Waals surface area contributed by atoms with Crippen LogP contribution in [0.4, 0.5) is 10.1 Å². The number of nitrogens with zero attached hydrogens (tertiary/aromatic N) is 3. The molecule has 1 N–H and O–H groups in total. The van der Waals surface area contributed by atoms with Crippen LogP contribution in [0, 0.1) is 5.82 Å². The third kappa shape index (κ3) is 3.68. The van der Waals surface area contributed by atoms with Gasteiger partial charge in [0, 0.05) is 16.8 Å². The van der Waals surface area contributed by atoms with E-state index in [2.05, 4.69) is 20.5 Å². The highest BCUT2D eigenvalue weighted by Gasteiger charge is 2.16. The van der Waals surface area contributed by atoms with Crippen molar-refractivity contribution in [3.8, 4) is 0 Å². The monoisotopic (exact) mass is 342 g/mol. The highest BCUT2D eigenvalue weighted by molar-refractivity contribution is 6.28. The number of benzene rings is 2. The maximum atomic E-state index is 13.8. The number of hydrogen-bond acceptors (Lipinski definition) is 4. The van der Waals surface area contributed by atoms with Gasteiger partial charge >= 0.3 is 0 Å². The smallest absolute Gasteiger partial charge is 0.144 e. The second-order valence-corrected chi connectivity index (χ2v) is 5.61. The van der Waals surface area contributed by atoms with Crippen LogP contribution in [0.1, 0.15) is 18.1 Å². The molecule has 0 bridgehead atoms. The van der Waals surface area contributed by atoms with Crippen molar-refractivity contribution in [2.75, 3.05) is 12.4 Å². The summed E-state index contributed by atoms with van der Waals surface area (Å²) in [4.78, 5) is 9.15. The van der Waals surface area contributed by atoms with Crippen molar-refractivity contribution in [2.24, 2.45) is 15.1 Å². The Morgan fingerprint density at radius 2 is 2.04 bits per heavy atom. The first kappa shape index (κ1) is 16.3. The van der Waals surface area contributed by atoms with Crippen molar-refractivity contribution in [1.29, 1.82) is 0 Å². The molecule has 0 aromatic heterocycles. The zero-order chi connectivity index (χ0) is 16.9. The molecule has 2 aromatic rings. The van der Waals surface area contributed by atoms with Crippen LogP contribution in [0.25, 0.3) is 0 Å². The summed E-state index contributed by atoms with van der Waals surface area (Å²) < 4.78 is 13.8. The van der Waals surface area contributed by atoms with E-state index in [0.717, 1.165) is 11.3 Å². The zero-order valence-electron chi connectivity index (χ0n) is 13.1. The molecule has 3 rings (SSSR count). The normalized spacial score (nSPS) is 14.4. The van der Waals surface area contributed by atoms with Crippen molar-refractivity contribution >= 4 is 34.5 Å². The highest BCUT2D eigenvalue weighted by Crippen LogP contribution is 2.26. The number of hydrazone groups is 1. The van der Waals surface area contributed by atoms with Gasteiger partial charge in [-0.3, -0.25) is 10.4 Å². The average molecular weight is 343 g/mol. The summed E-state index contributed by atoms with van der Waals surface area (Å²) >= 11 is 5.72. The van der Waals surface area contributed by atoms with Crippen LogP contribution in [0.15, 0.2) is 63.6 Å². The van der Waals surface area contributed by atoms with E-state index in [1.54, 1.807) is 6.07 Å². The summed E-state index contributed by atoms with van der Waals surface area (Å²) in [6.07, 6.45) is 0. The minimum atomic E-state index is -0.319. The van der Waals surface area contributed by atoms with Gasteiger partial charge in [-0.1, -0.05) is 30.3 Å². The molecule has 2 aromatic carbocycles. The molecule has 122 valence electrons. The SMILES string of the molecule is C/C(CCl)=N\NC1=Nc2ccc(F)cc2C(c2ccccc2)=NC1. The molecule has 1 aliphatic rings. The van der Waals surface area contributed by atoms with E-state index < -0.39 is 0 Å². The fourth-order valence-electron chi connectivity index (χ4n) is 2.31. The molecule has 0 amide bonds. The third-order valence-electron chi connectivity index (χ3n) is 3.47. The van der Waals surface area contributed by atoms with Crippen molar-refractivity contribution in [3.63, 3.8) is 0 Å². The van der Waals surface area contributed by atoms with Gasteiger partial charge in [0.15, 0.2) is 0 Å². The van der Waals surface area contributed by atoms with Gasteiger partial charge in [-0.2, -0.15) is 5.10 Å². The van der Waals surface area contributed by atoms with E-state index in [0.29, 0.717) is 35.2 Å². The molecule has 0 saturated heterocycles. The number of halogens is 2. The maximum absolute atomic E-state index is 13.8. The molecular formula is C18H16ClFN4. The van der Waals surface area contributed by atoms with E-state index in [-0.39, 0.29) is 5.82 Å². The summed E-state index contributed by atoms with van der Waals surface area (Å²) in [5.41, 5.74) is 6.58. The number of alkyl halides is 1. The fraction of sp³-hybridized carbons (Fsp3) is 0.167. The third-order valence-corrected chi connectivity index (χ3v) is 3.86. The minimum absolute atomic E-state index is 0.319. The number of fused-ring (bicyclic) bond motifs is 1. The van der Waals surface area contributed by atoms with E-state index in [4.69, 9.17) is 11.6 Å². The van der Waals surface area contributed by atoms with E-state index in [1.807, 2.05) is 37.3 Å². The van der Waals surface area contributed by atoms with Crippen LogP contribution in [0.3, 0.4) is 0 Å². The second kappa shape index (κ2) is 7.36. The minimum Gasteiger partial charge on any atom is -0.276 e. The molecule has 1 aliphatic heterocycles. The maximum Gasteiger partial charge on any atom is 0.144 e. The standard InChI is InChI=1S/C18H16ClFN4/c1-12(10-19)23-24-17-11-21-18(13-5-3-2-4-6-13)15-9-14(20)7-8-16(15)22-17/h2-9H,10-11H2,1H3,(H,22,24)/b23-12+. The Kier molecular flexibility index (Phi) is 5.01. The summed E-state index contributed by atoms with van der Waals surface area (Å²) in [6, 6.07) is 14.2. The molecule has 6 heteroatoms. The Labute approximate surface area is 144 Å². The number of amidine groups is 1. The predicted molar refractivity (Wildman–Crippen MR) is 97.4 cm³/mol. The van der Waals surface area contributed by atoms with Gasteiger partial charge in [-0.05, 0) is 25.1 Å². The van der Waals surface area contributed by atoms with Crippen molar-refractivity contribution in [1.82, 2.24) is 5.43 Å². The van der Waals surface area contributed by atoms with Gasteiger partial charge in [0.25, 0.3) is 0 Å². The molecule has 0 atom stereocenters. The Morgan fingerprint density at radius 1 is 1.25 bits per heavy atom. The van der Waals surface area contributed by atoms with Gasteiger partial charge in [0.1, 0.15) is 11.7 Å². The number of aliphatic imine (C=N–C) groups is 2. The molecule has 0 spiro atoms. The number of rotatable bonds is 3. The fourth-order valence-corrected chi connectivity index (χ4v) is 2.37. The summed E-state index contributed by atoms with van der Waals surface area (Å²) in [5.74, 6) is 0.596. The first-order valence-corrected chi connectivity index (χ1v) is 8.03. The lowest BCUT2D eigenvalue weighted by Gasteiger charge is -2.08. The van der Waals surface area contributed by atoms with E-state index in [1.165, 1.54) is 12.1 Å². The van der Waals surface area contributed by atoms with Crippen LogP contribution in [0.5, 0.6) is 0 Å². The quantitative estimate of drug-likeness (QED) is 0.513. The molecule has 1 heterocycles. The van der Waals surface area contributed by atoms with Crippen LogP contribution < -0.4 is 5.43 Å². The van der Waals surface area contributed by atoms with Gasteiger partial charge in [-0.25, -0.2) is 9.38 Å². The van der Waals surface area contributed by atoms with Crippen LogP contribution in [-0.4, -0.2) is 29.7 Å². The first-order chi connectivity index (χ1) is 11.7. The Balaban J connectivity index is 2.04. The lowest BCUT2D eigenvalue weighted by Crippen LogP contribution is -2.22. The Morgan fingerprint density at radius 3 is 2.79 bits per heavy atom. The van der Waals surface area contributed by atoms with Crippen molar-refractivity contribution in [3.05, 3.63) is 65.5 Å². The van der Waals surface area contributed by atoms with Crippen LogP contribution >= 0.6 is 11.6 Å². The van der Waals surface area contributed by atoms with Crippen LogP contribution in [-0.2, 0) is 0 Å². The molecule has 0 unspecified atom stereocenters. The van der Waals surface area contributed by atoms with Gasteiger partial charge < -0.3 is 0 Å². The summed E-state index contributed by atoms with van der Waals surface area (Å²) in [6.45, 7) is 2.14. The molecule has 0 radical (unpaired) electrons. The van der Waals surface area contributed by atoms with Crippen LogP contribution in [0.2, 0.25) is 0 Å². The molecule has 0 fully saturated rings. The average Bonchev–Trinajstić information content (AvgIpc) is 2.79. The Hall–Kier alpha value is -2.53. The van der Waals surface area contributed by atoms with Crippen molar-refractivity contribution in [2.45, 2.75) is 6.92 Å². The van der Waals surface area contributed by atoms with Gasteiger partial charge in [0.05, 0.1) is 23.8 Å². The molecule has 0 aliphatic carbocycles. The molecule has 4 nitrogen and oxygen atoms in total. The predicted octanol–water partition coefficient (Wildman–Crippen LogP) is 3.91.